The number of methoxy groups -OCH3 is 1. The predicted octanol–water partition coefficient (Wildman–Crippen LogP) is 3.97. The highest BCUT2D eigenvalue weighted by atomic mass is 35.5. The van der Waals surface area contributed by atoms with E-state index in [4.69, 9.17) is 21.1 Å². The number of amidine groups is 1. The SMILES string of the molecule is COc1cnc(C(=O)Cc2ccc(F)c(C3(C)Cn4c(nc(Cl)c4C#N)C(NC(=O)OC(C)(C)C)=N3)c2)cn1. The van der Waals surface area contributed by atoms with Gasteiger partial charge in [0.25, 0.3) is 0 Å². The third kappa shape index (κ3) is 5.88. The predicted molar refractivity (Wildman–Crippen MR) is 138 cm³/mol. The number of imidazole rings is 1. The summed E-state index contributed by atoms with van der Waals surface area (Å²) in [5.74, 6) is -0.570. The minimum Gasteiger partial charge on any atom is -0.480 e. The lowest BCUT2D eigenvalue weighted by molar-refractivity contribution is 0.0562. The molecule has 0 bridgehead atoms. The first kappa shape index (κ1) is 27.7. The summed E-state index contributed by atoms with van der Waals surface area (Å²) in [5.41, 5.74) is -1.33. The number of amides is 1. The normalized spacial score (nSPS) is 16.5. The molecule has 0 fully saturated rings. The van der Waals surface area contributed by atoms with Gasteiger partial charge >= 0.3 is 6.09 Å². The number of alkyl carbamates (subject to hydrolysis) is 1. The molecule has 0 spiro atoms. The molecule has 3 aromatic rings. The Hall–Kier alpha value is -4.37. The van der Waals surface area contributed by atoms with Gasteiger partial charge in [-0.1, -0.05) is 17.7 Å². The molecular weight excluding hydrogens is 529 g/mol. The van der Waals surface area contributed by atoms with E-state index in [1.807, 2.05) is 6.07 Å². The van der Waals surface area contributed by atoms with E-state index in [9.17, 15) is 14.9 Å². The van der Waals surface area contributed by atoms with Crippen molar-refractivity contribution < 1.29 is 23.5 Å². The summed E-state index contributed by atoms with van der Waals surface area (Å²) in [6, 6.07) is 6.24. The third-order valence-electron chi connectivity index (χ3n) is 5.79. The van der Waals surface area contributed by atoms with Crippen LogP contribution in [0.15, 0.2) is 35.6 Å². The summed E-state index contributed by atoms with van der Waals surface area (Å²) in [5, 5.41) is 12.2. The largest absolute Gasteiger partial charge is 0.480 e. The number of carbonyl (C=O) groups excluding carboxylic acids is 2. The Labute approximate surface area is 228 Å². The highest BCUT2D eigenvalue weighted by molar-refractivity contribution is 6.30. The van der Waals surface area contributed by atoms with Gasteiger partial charge in [0, 0.05) is 12.0 Å². The Morgan fingerprint density at radius 3 is 2.64 bits per heavy atom. The number of Topliss-reactive ketones (excluding diaryl/α,β-unsaturated/α-hetero) is 1. The molecule has 0 saturated heterocycles. The molecule has 1 amide bonds. The summed E-state index contributed by atoms with van der Waals surface area (Å²) >= 11 is 6.19. The molecule has 11 nitrogen and oxygen atoms in total. The van der Waals surface area contributed by atoms with Crippen molar-refractivity contribution in [2.75, 3.05) is 7.11 Å². The Bertz CT molecular complexity index is 1520. The molecule has 1 aliphatic heterocycles. The third-order valence-corrected chi connectivity index (χ3v) is 6.05. The van der Waals surface area contributed by atoms with E-state index >= 15 is 4.39 Å². The molecule has 0 saturated carbocycles. The van der Waals surface area contributed by atoms with Crippen molar-refractivity contribution in [2.45, 2.75) is 51.8 Å². The Morgan fingerprint density at radius 1 is 1.28 bits per heavy atom. The van der Waals surface area contributed by atoms with Crippen LogP contribution < -0.4 is 10.1 Å². The van der Waals surface area contributed by atoms with Gasteiger partial charge in [0.15, 0.2) is 28.3 Å². The van der Waals surface area contributed by atoms with Crippen molar-refractivity contribution in [3.63, 3.8) is 0 Å². The fraction of sp³-hybridized carbons (Fsp3) is 0.346. The van der Waals surface area contributed by atoms with Crippen molar-refractivity contribution in [1.29, 1.82) is 5.26 Å². The molecule has 2 aromatic heterocycles. The molecule has 0 aliphatic carbocycles. The smallest absolute Gasteiger partial charge is 0.413 e. The first-order chi connectivity index (χ1) is 18.3. The molecule has 202 valence electrons. The molecule has 1 atom stereocenters. The van der Waals surface area contributed by atoms with Crippen molar-refractivity contribution in [3.8, 4) is 11.9 Å². The van der Waals surface area contributed by atoms with Crippen molar-refractivity contribution in [2.24, 2.45) is 4.99 Å². The number of nitrogens with one attached hydrogen (secondary N) is 1. The van der Waals surface area contributed by atoms with E-state index in [1.54, 1.807) is 27.7 Å². The second-order valence-electron chi connectivity index (χ2n) is 9.99. The molecule has 13 heteroatoms. The number of aromatic nitrogens is 4. The lowest BCUT2D eigenvalue weighted by Gasteiger charge is -2.33. The number of aliphatic imine (C=N–C) groups is 1. The summed E-state index contributed by atoms with van der Waals surface area (Å²) < 4.78 is 27.1. The second kappa shape index (κ2) is 10.4. The zero-order valence-corrected chi connectivity index (χ0v) is 22.6. The number of rotatable bonds is 5. The molecule has 4 rings (SSSR count). The second-order valence-corrected chi connectivity index (χ2v) is 10.4. The van der Waals surface area contributed by atoms with Crippen LogP contribution in [-0.4, -0.2) is 49.9 Å². The van der Waals surface area contributed by atoms with Gasteiger partial charge in [-0.3, -0.25) is 15.1 Å². The quantitative estimate of drug-likeness (QED) is 0.467. The summed E-state index contributed by atoms with van der Waals surface area (Å²) in [7, 11) is 1.44. The van der Waals surface area contributed by atoms with E-state index in [0.717, 1.165) is 0 Å². The number of ether oxygens (including phenoxy) is 2. The molecule has 0 radical (unpaired) electrons. The maximum atomic E-state index is 15.3. The van der Waals surface area contributed by atoms with E-state index in [-0.39, 0.29) is 58.4 Å². The van der Waals surface area contributed by atoms with Gasteiger partial charge in [0.05, 0.1) is 26.0 Å². The summed E-state index contributed by atoms with van der Waals surface area (Å²) in [6.45, 7) is 6.73. The minimum absolute atomic E-state index is 0.0112. The number of nitrogens with zero attached hydrogens (tertiary/aromatic N) is 6. The Balaban J connectivity index is 1.72. The highest BCUT2D eigenvalue weighted by Crippen LogP contribution is 2.36. The Morgan fingerprint density at radius 2 is 2.03 bits per heavy atom. The number of fused-ring (bicyclic) bond motifs is 1. The number of carbonyl (C=O) groups is 2. The van der Waals surface area contributed by atoms with Crippen LogP contribution >= 0.6 is 11.6 Å². The fourth-order valence-corrected chi connectivity index (χ4v) is 4.30. The average molecular weight is 554 g/mol. The van der Waals surface area contributed by atoms with Gasteiger partial charge in [-0.05, 0) is 45.4 Å². The van der Waals surface area contributed by atoms with Crippen LogP contribution in [0.2, 0.25) is 5.15 Å². The zero-order chi connectivity index (χ0) is 28.5. The molecule has 39 heavy (non-hydrogen) atoms. The van der Waals surface area contributed by atoms with Gasteiger partial charge < -0.3 is 14.0 Å². The topological polar surface area (TPSA) is 144 Å². The number of ketones is 1. The molecule has 1 aromatic carbocycles. The van der Waals surface area contributed by atoms with Crippen molar-refractivity contribution >= 4 is 29.3 Å². The van der Waals surface area contributed by atoms with Gasteiger partial charge in [0.1, 0.15) is 28.7 Å². The van der Waals surface area contributed by atoms with Crippen LogP contribution in [0.3, 0.4) is 0 Å². The van der Waals surface area contributed by atoms with Gasteiger partial charge in [-0.15, -0.1) is 0 Å². The van der Waals surface area contributed by atoms with Crippen LogP contribution in [0, 0.1) is 17.1 Å². The molecule has 3 heterocycles. The van der Waals surface area contributed by atoms with Gasteiger partial charge in [-0.25, -0.2) is 24.1 Å². The molecule has 1 unspecified atom stereocenters. The van der Waals surface area contributed by atoms with Crippen LogP contribution in [-0.2, 0) is 23.2 Å². The van der Waals surface area contributed by atoms with Crippen molar-refractivity contribution in [3.05, 3.63) is 69.9 Å². The zero-order valence-electron chi connectivity index (χ0n) is 21.9. The molecule has 1 aliphatic rings. The first-order valence-electron chi connectivity index (χ1n) is 11.8. The van der Waals surface area contributed by atoms with Crippen LogP contribution in [0.1, 0.15) is 60.8 Å². The average Bonchev–Trinajstić information content (AvgIpc) is 3.18. The maximum absolute atomic E-state index is 15.3. The number of nitriles is 1. The summed E-state index contributed by atoms with van der Waals surface area (Å²) in [4.78, 5) is 42.3. The van der Waals surface area contributed by atoms with Crippen LogP contribution in [0.5, 0.6) is 5.88 Å². The van der Waals surface area contributed by atoms with Gasteiger partial charge in [0.2, 0.25) is 5.88 Å². The first-order valence-corrected chi connectivity index (χ1v) is 12.2. The van der Waals surface area contributed by atoms with Crippen LogP contribution in [0.25, 0.3) is 0 Å². The van der Waals surface area contributed by atoms with Gasteiger partial charge in [-0.2, -0.15) is 5.26 Å². The highest BCUT2D eigenvalue weighted by Gasteiger charge is 2.39. The lowest BCUT2D eigenvalue weighted by atomic mass is 9.88. The van der Waals surface area contributed by atoms with E-state index < -0.39 is 23.1 Å². The molecular formula is C26H25ClFN7O4. The fourth-order valence-electron chi connectivity index (χ4n) is 4.07. The summed E-state index contributed by atoms with van der Waals surface area (Å²) in [6.07, 6.45) is 1.75. The Kier molecular flexibility index (Phi) is 7.39. The number of benzene rings is 1. The van der Waals surface area contributed by atoms with E-state index in [2.05, 4.69) is 25.3 Å². The number of hydrogen-bond acceptors (Lipinski definition) is 9. The van der Waals surface area contributed by atoms with Crippen LogP contribution in [0.4, 0.5) is 9.18 Å². The lowest BCUT2D eigenvalue weighted by Crippen LogP contribution is -2.44. The standard InChI is InChI=1S/C26H25ClFN7O4/c1-25(2,3)39-24(37)33-22-23-32-21(27)18(10-29)35(23)13-26(4,34-22)15-8-14(6-7-16(15)28)9-19(36)17-11-31-20(38-5)12-30-17/h6-8,11-12H,9,13H2,1-5H3,(H,33,34,37). The van der Waals surface area contributed by atoms with E-state index in [1.165, 1.54) is 42.3 Å². The van der Waals surface area contributed by atoms with E-state index in [0.29, 0.717) is 5.56 Å². The molecule has 1 N–H and O–H groups in total. The minimum atomic E-state index is -1.32. The monoisotopic (exact) mass is 553 g/mol. The number of halogens is 2. The number of hydrogen-bond donors (Lipinski definition) is 1. The van der Waals surface area contributed by atoms with Crippen molar-refractivity contribution in [1.82, 2.24) is 24.8 Å². The maximum Gasteiger partial charge on any atom is 0.413 e.